The van der Waals surface area contributed by atoms with E-state index in [1.54, 1.807) is 0 Å². The lowest BCUT2D eigenvalue weighted by Gasteiger charge is -2.10. The van der Waals surface area contributed by atoms with Crippen molar-refractivity contribution in [2.24, 2.45) is 5.92 Å². The zero-order valence-corrected chi connectivity index (χ0v) is 14.5. The summed E-state index contributed by atoms with van der Waals surface area (Å²) in [7, 11) is 0. The Morgan fingerprint density at radius 2 is 1.19 bits per heavy atom. The second kappa shape index (κ2) is 15.9. The minimum Gasteiger partial charge on any atom is -0.481 e. The van der Waals surface area contributed by atoms with Gasteiger partial charge in [-0.3, -0.25) is 4.79 Å². The summed E-state index contributed by atoms with van der Waals surface area (Å²) in [6, 6.07) is 0. The Morgan fingerprint density at radius 3 is 1.67 bits per heavy atom. The highest BCUT2D eigenvalue weighted by Crippen LogP contribution is 2.18. The van der Waals surface area contributed by atoms with Crippen LogP contribution in [0.4, 0.5) is 0 Å². The van der Waals surface area contributed by atoms with Gasteiger partial charge in [-0.1, -0.05) is 97.3 Å². The van der Waals surface area contributed by atoms with Crippen LogP contribution in [0.1, 0.15) is 110 Å². The maximum absolute atomic E-state index is 10.4. The number of hydrogen-bond donors (Lipinski definition) is 1. The van der Waals surface area contributed by atoms with Crippen molar-refractivity contribution >= 4 is 5.97 Å². The van der Waals surface area contributed by atoms with Crippen molar-refractivity contribution in [1.82, 2.24) is 0 Å². The molecule has 1 N–H and O–H groups in total. The first kappa shape index (κ1) is 20.5. The van der Waals surface area contributed by atoms with E-state index in [0.29, 0.717) is 6.42 Å². The third-order valence-electron chi connectivity index (χ3n) is 4.39. The molecule has 21 heavy (non-hydrogen) atoms. The van der Waals surface area contributed by atoms with Gasteiger partial charge in [0.1, 0.15) is 0 Å². The van der Waals surface area contributed by atoms with Gasteiger partial charge in [0.25, 0.3) is 0 Å². The van der Waals surface area contributed by atoms with Crippen molar-refractivity contribution in [3.8, 4) is 0 Å². The van der Waals surface area contributed by atoms with Crippen molar-refractivity contribution < 1.29 is 9.90 Å². The van der Waals surface area contributed by atoms with E-state index >= 15 is 0 Å². The number of hydrogen-bond acceptors (Lipinski definition) is 1. The molecule has 0 aromatic heterocycles. The van der Waals surface area contributed by atoms with E-state index in [1.165, 1.54) is 77.0 Å². The van der Waals surface area contributed by atoms with Crippen LogP contribution in [0.25, 0.3) is 0 Å². The second-order valence-corrected chi connectivity index (χ2v) is 6.72. The number of unbranched alkanes of at least 4 members (excludes halogenated alkanes) is 10. The SMILES string of the molecule is CCCCCCCCCCCC(C)CCCCCC(=O)O. The van der Waals surface area contributed by atoms with Gasteiger partial charge in [0, 0.05) is 6.42 Å². The number of rotatable bonds is 16. The van der Waals surface area contributed by atoms with Gasteiger partial charge in [0.05, 0.1) is 0 Å². The van der Waals surface area contributed by atoms with E-state index in [0.717, 1.165) is 18.8 Å². The van der Waals surface area contributed by atoms with Crippen molar-refractivity contribution in [2.75, 3.05) is 0 Å². The first-order valence-electron chi connectivity index (χ1n) is 9.38. The van der Waals surface area contributed by atoms with Crippen molar-refractivity contribution in [3.05, 3.63) is 0 Å². The highest BCUT2D eigenvalue weighted by Gasteiger charge is 2.03. The molecule has 0 rings (SSSR count). The Bertz CT molecular complexity index is 226. The van der Waals surface area contributed by atoms with Gasteiger partial charge in [-0.2, -0.15) is 0 Å². The van der Waals surface area contributed by atoms with E-state index in [4.69, 9.17) is 5.11 Å². The molecule has 0 radical (unpaired) electrons. The normalized spacial score (nSPS) is 12.5. The standard InChI is InChI=1S/C19H38O2/c1-3-4-5-6-7-8-9-10-12-15-18(2)16-13-11-14-17-19(20)21/h18H,3-17H2,1-2H3,(H,20,21). The van der Waals surface area contributed by atoms with Crippen LogP contribution in [0.5, 0.6) is 0 Å². The summed E-state index contributed by atoms with van der Waals surface area (Å²) in [5.74, 6) is 0.164. The topological polar surface area (TPSA) is 37.3 Å². The van der Waals surface area contributed by atoms with E-state index < -0.39 is 5.97 Å². The van der Waals surface area contributed by atoms with Crippen LogP contribution in [-0.2, 0) is 4.79 Å². The molecule has 126 valence electrons. The zero-order valence-electron chi connectivity index (χ0n) is 14.5. The third-order valence-corrected chi connectivity index (χ3v) is 4.39. The van der Waals surface area contributed by atoms with Crippen LogP contribution in [-0.4, -0.2) is 11.1 Å². The van der Waals surface area contributed by atoms with E-state index in [2.05, 4.69) is 13.8 Å². The van der Waals surface area contributed by atoms with Gasteiger partial charge in [0.2, 0.25) is 0 Å². The molecule has 1 unspecified atom stereocenters. The Labute approximate surface area is 132 Å². The van der Waals surface area contributed by atoms with Crippen LogP contribution in [0.3, 0.4) is 0 Å². The molecule has 2 nitrogen and oxygen atoms in total. The van der Waals surface area contributed by atoms with Gasteiger partial charge < -0.3 is 5.11 Å². The van der Waals surface area contributed by atoms with Crippen LogP contribution >= 0.6 is 0 Å². The lowest BCUT2D eigenvalue weighted by molar-refractivity contribution is -0.137. The lowest BCUT2D eigenvalue weighted by Crippen LogP contribution is -1.97. The average molecular weight is 299 g/mol. The molecule has 0 saturated carbocycles. The van der Waals surface area contributed by atoms with Crippen molar-refractivity contribution in [3.63, 3.8) is 0 Å². The molecule has 0 bridgehead atoms. The van der Waals surface area contributed by atoms with Crippen LogP contribution < -0.4 is 0 Å². The van der Waals surface area contributed by atoms with E-state index in [-0.39, 0.29) is 0 Å². The van der Waals surface area contributed by atoms with Gasteiger partial charge in [0.15, 0.2) is 0 Å². The third kappa shape index (κ3) is 17.4. The Balaban J connectivity index is 3.15. The number of aliphatic carboxylic acids is 1. The van der Waals surface area contributed by atoms with Crippen LogP contribution in [0.2, 0.25) is 0 Å². The first-order chi connectivity index (χ1) is 10.2. The monoisotopic (exact) mass is 298 g/mol. The molecule has 0 fully saturated rings. The quantitative estimate of drug-likeness (QED) is 0.327. The molecule has 0 saturated heterocycles. The van der Waals surface area contributed by atoms with Gasteiger partial charge in [-0.15, -0.1) is 0 Å². The Hall–Kier alpha value is -0.530. The highest BCUT2D eigenvalue weighted by molar-refractivity contribution is 5.66. The number of carbonyl (C=O) groups is 1. The highest BCUT2D eigenvalue weighted by atomic mass is 16.4. The molecule has 0 aliphatic rings. The minimum absolute atomic E-state index is 0.340. The summed E-state index contributed by atoms with van der Waals surface area (Å²) in [4.78, 5) is 10.4. The fourth-order valence-corrected chi connectivity index (χ4v) is 2.89. The minimum atomic E-state index is -0.655. The van der Waals surface area contributed by atoms with Crippen LogP contribution in [0.15, 0.2) is 0 Å². The molecule has 0 heterocycles. The summed E-state index contributed by atoms with van der Waals surface area (Å²) in [6.07, 6.45) is 18.7. The second-order valence-electron chi connectivity index (χ2n) is 6.72. The summed E-state index contributed by atoms with van der Waals surface area (Å²) < 4.78 is 0. The Morgan fingerprint density at radius 1 is 0.762 bits per heavy atom. The van der Waals surface area contributed by atoms with Gasteiger partial charge in [-0.05, 0) is 12.3 Å². The molecular formula is C19H38O2. The first-order valence-corrected chi connectivity index (χ1v) is 9.38. The predicted octanol–water partition coefficient (Wildman–Crippen LogP) is 6.58. The molecule has 2 heteroatoms. The molecule has 1 atom stereocenters. The summed E-state index contributed by atoms with van der Waals surface area (Å²) in [5.41, 5.74) is 0. The van der Waals surface area contributed by atoms with E-state index in [9.17, 15) is 4.79 Å². The lowest BCUT2D eigenvalue weighted by atomic mass is 9.96. The molecule has 0 aliphatic carbocycles. The smallest absolute Gasteiger partial charge is 0.303 e. The van der Waals surface area contributed by atoms with Crippen molar-refractivity contribution in [1.29, 1.82) is 0 Å². The molecule has 0 aromatic carbocycles. The maximum Gasteiger partial charge on any atom is 0.303 e. The van der Waals surface area contributed by atoms with Gasteiger partial charge >= 0.3 is 5.97 Å². The zero-order chi connectivity index (χ0) is 15.8. The summed E-state index contributed by atoms with van der Waals surface area (Å²) >= 11 is 0. The maximum atomic E-state index is 10.4. The summed E-state index contributed by atoms with van der Waals surface area (Å²) in [6.45, 7) is 4.62. The molecule has 0 aliphatic heterocycles. The largest absolute Gasteiger partial charge is 0.481 e. The molecule has 0 amide bonds. The fraction of sp³-hybridized carbons (Fsp3) is 0.947. The molecule has 0 spiro atoms. The fourth-order valence-electron chi connectivity index (χ4n) is 2.89. The molecule has 0 aromatic rings. The Kier molecular flexibility index (Phi) is 15.5. The van der Waals surface area contributed by atoms with Gasteiger partial charge in [-0.25, -0.2) is 0 Å². The predicted molar refractivity (Wildman–Crippen MR) is 91.7 cm³/mol. The number of carboxylic acid groups (broad SMARTS) is 1. The summed E-state index contributed by atoms with van der Waals surface area (Å²) in [5, 5.41) is 8.57. The van der Waals surface area contributed by atoms with E-state index in [1.807, 2.05) is 0 Å². The van der Waals surface area contributed by atoms with Crippen molar-refractivity contribution in [2.45, 2.75) is 110 Å². The van der Waals surface area contributed by atoms with Crippen LogP contribution in [0, 0.1) is 5.92 Å². The average Bonchev–Trinajstić information content (AvgIpc) is 2.45. The number of carboxylic acids is 1. The molecular weight excluding hydrogens is 260 g/mol.